The molecule has 0 aliphatic carbocycles. The molecule has 0 saturated carbocycles. The Bertz CT molecular complexity index is 1240. The largest absolute Gasteiger partial charge is 0.618 e. The van der Waals surface area contributed by atoms with Crippen LogP contribution in [0.5, 0.6) is 0 Å². The maximum atomic E-state index is 11.4. The normalized spacial score (nSPS) is 9.93. The van der Waals surface area contributed by atoms with E-state index in [1.807, 2.05) is 24.3 Å². The highest BCUT2D eigenvalue weighted by atomic mass is 79.9. The second-order valence-electron chi connectivity index (χ2n) is 5.41. The van der Waals surface area contributed by atoms with Gasteiger partial charge in [-0.1, -0.05) is 0 Å². The molecule has 0 aliphatic heterocycles. The van der Waals surface area contributed by atoms with E-state index in [0.717, 1.165) is 20.1 Å². The van der Waals surface area contributed by atoms with Crippen LogP contribution in [0.3, 0.4) is 0 Å². The van der Waals surface area contributed by atoms with Crippen molar-refractivity contribution in [2.24, 2.45) is 0 Å². The lowest BCUT2D eigenvalue weighted by molar-refractivity contribution is -0.577. The van der Waals surface area contributed by atoms with Crippen molar-refractivity contribution in [3.8, 4) is 12.1 Å². The van der Waals surface area contributed by atoms with Crippen molar-refractivity contribution in [3.63, 3.8) is 0 Å². The van der Waals surface area contributed by atoms with E-state index in [0.29, 0.717) is 26.5 Å². The second-order valence-corrected chi connectivity index (χ2v) is 7.11. The molecule has 7 heteroatoms. The summed E-state index contributed by atoms with van der Waals surface area (Å²) in [5, 5.41) is 30.7. The van der Waals surface area contributed by atoms with Crippen LogP contribution in [-0.4, -0.2) is 4.98 Å². The number of aromatic nitrogens is 2. The van der Waals surface area contributed by atoms with E-state index in [9.17, 15) is 5.21 Å². The van der Waals surface area contributed by atoms with E-state index in [4.69, 9.17) is 10.5 Å². The molecular weight excluding hydrogens is 472 g/mol. The van der Waals surface area contributed by atoms with Crippen LogP contribution in [0, 0.1) is 27.9 Å². The van der Waals surface area contributed by atoms with Gasteiger partial charge in [0.2, 0.25) is 5.52 Å². The monoisotopic (exact) mass is 480 g/mol. The molecule has 0 bridgehead atoms. The Morgan fingerprint density at radius 3 is 2.19 bits per heavy atom. The highest BCUT2D eigenvalue weighted by molar-refractivity contribution is 9.10. The molecule has 0 unspecified atom stereocenters. The van der Waals surface area contributed by atoms with Crippen molar-refractivity contribution < 1.29 is 4.73 Å². The van der Waals surface area contributed by atoms with Gasteiger partial charge in [0.15, 0.2) is 6.20 Å². The number of nitrogens with zero attached hydrogens (tertiary/aromatic N) is 4. The zero-order chi connectivity index (χ0) is 19.4. The van der Waals surface area contributed by atoms with Crippen LogP contribution >= 0.6 is 31.9 Å². The van der Waals surface area contributed by atoms with Crippen molar-refractivity contribution in [1.82, 2.24) is 4.98 Å². The predicted molar refractivity (Wildman–Crippen MR) is 109 cm³/mol. The minimum atomic E-state index is 0.493. The van der Waals surface area contributed by atoms with Gasteiger partial charge in [0.1, 0.15) is 12.1 Å². The van der Waals surface area contributed by atoms with Crippen molar-refractivity contribution in [1.29, 1.82) is 10.5 Å². The first-order valence-electron chi connectivity index (χ1n) is 7.70. The number of nitriles is 2. The fraction of sp³-hybridized carbons (Fsp3) is 0. The van der Waals surface area contributed by atoms with E-state index in [-0.39, 0.29) is 0 Å². The third-order valence-electron chi connectivity index (χ3n) is 3.85. The summed E-state index contributed by atoms with van der Waals surface area (Å²) in [6.45, 7) is 0. The molecule has 0 radical (unpaired) electrons. The van der Waals surface area contributed by atoms with Crippen molar-refractivity contribution >= 4 is 53.7 Å². The molecule has 27 heavy (non-hydrogen) atoms. The van der Waals surface area contributed by atoms with Gasteiger partial charge in [-0.05, 0) is 68.3 Å². The quantitative estimate of drug-likeness (QED) is 0.262. The van der Waals surface area contributed by atoms with Crippen LogP contribution < -0.4 is 4.73 Å². The highest BCUT2D eigenvalue weighted by Crippen LogP contribution is 2.24. The predicted octanol–water partition coefficient (Wildman–Crippen LogP) is 4.98. The third kappa shape index (κ3) is 3.75. The van der Waals surface area contributed by atoms with E-state index in [1.165, 1.54) is 6.20 Å². The van der Waals surface area contributed by atoms with Gasteiger partial charge in [-0.15, -0.1) is 0 Å². The highest BCUT2D eigenvalue weighted by Gasteiger charge is 2.10. The van der Waals surface area contributed by atoms with Crippen LogP contribution in [0.1, 0.15) is 11.1 Å². The Hall–Kier alpha value is -3.00. The molecule has 0 spiro atoms. The summed E-state index contributed by atoms with van der Waals surface area (Å²) in [7, 11) is 0. The number of halogens is 2. The summed E-state index contributed by atoms with van der Waals surface area (Å²) in [6.07, 6.45) is 3.13. The van der Waals surface area contributed by atoms with Crippen LogP contribution in [0.15, 0.2) is 69.9 Å². The van der Waals surface area contributed by atoms with Gasteiger partial charge in [-0.2, -0.15) is 15.3 Å². The first kappa shape index (κ1) is 18.8. The molecule has 2 aromatic carbocycles. The zero-order valence-corrected chi connectivity index (χ0v) is 16.9. The molecule has 0 N–H and O–H groups in total. The fourth-order valence-corrected chi connectivity index (χ4v) is 3.46. The number of benzene rings is 2. The van der Waals surface area contributed by atoms with E-state index in [2.05, 4.69) is 49.0 Å². The molecule has 0 aliphatic rings. The van der Waals surface area contributed by atoms with Gasteiger partial charge in [0.25, 0.3) is 0 Å². The minimum absolute atomic E-state index is 0.493. The molecule has 0 saturated heterocycles. The van der Waals surface area contributed by atoms with E-state index >= 15 is 0 Å². The Morgan fingerprint density at radius 2 is 1.48 bits per heavy atom. The lowest BCUT2D eigenvalue weighted by Gasteiger charge is -2.02. The standard InChI is InChI=1S/C10H5BrN2O.C10H5BrN2/c11-9-3-4-10-7(8(9)6-12)2-1-5-13(10)14;11-9-3-4-10-7(8(9)6-12)2-1-5-13-10/h1-5H;1-5H. The minimum Gasteiger partial charge on any atom is -0.618 e. The molecule has 2 heterocycles. The number of hydrogen-bond acceptors (Lipinski definition) is 4. The number of hydrogen-bond donors (Lipinski definition) is 0. The molecular formula is C20H10Br2N4O. The number of fused-ring (bicyclic) bond motifs is 2. The van der Waals surface area contributed by atoms with Crippen molar-refractivity contribution in [2.75, 3.05) is 0 Å². The summed E-state index contributed by atoms with van der Waals surface area (Å²) in [5.41, 5.74) is 2.49. The molecule has 4 aromatic rings. The third-order valence-corrected chi connectivity index (χ3v) is 5.17. The van der Waals surface area contributed by atoms with Gasteiger partial charge in [-0.3, -0.25) is 4.98 Å². The maximum absolute atomic E-state index is 11.4. The van der Waals surface area contributed by atoms with E-state index in [1.54, 1.807) is 30.5 Å². The molecule has 130 valence electrons. The molecule has 0 atom stereocenters. The fourth-order valence-electron chi connectivity index (χ4n) is 2.59. The number of rotatable bonds is 0. The maximum Gasteiger partial charge on any atom is 0.225 e. The van der Waals surface area contributed by atoms with Gasteiger partial charge >= 0.3 is 0 Å². The Morgan fingerprint density at radius 1 is 0.852 bits per heavy atom. The SMILES string of the molecule is N#Cc1c(Br)ccc2c1ccc[n+]2[O-].N#Cc1c(Br)ccc2ncccc12. The van der Waals surface area contributed by atoms with E-state index < -0.39 is 0 Å². The summed E-state index contributed by atoms with van der Waals surface area (Å²) in [4.78, 5) is 4.16. The molecule has 2 aromatic heterocycles. The average molecular weight is 482 g/mol. The second kappa shape index (κ2) is 8.13. The molecule has 5 nitrogen and oxygen atoms in total. The topological polar surface area (TPSA) is 87.4 Å². The smallest absolute Gasteiger partial charge is 0.225 e. The van der Waals surface area contributed by atoms with Gasteiger partial charge in [0.05, 0.1) is 22.0 Å². The number of pyridine rings is 2. The first-order chi connectivity index (χ1) is 13.1. The van der Waals surface area contributed by atoms with Gasteiger partial charge in [0, 0.05) is 32.7 Å². The Kier molecular flexibility index (Phi) is 5.66. The Labute approximate surface area is 172 Å². The van der Waals surface area contributed by atoms with Crippen molar-refractivity contribution in [2.45, 2.75) is 0 Å². The van der Waals surface area contributed by atoms with Gasteiger partial charge < -0.3 is 5.21 Å². The van der Waals surface area contributed by atoms with Crippen LogP contribution in [0.2, 0.25) is 0 Å². The van der Waals surface area contributed by atoms with Crippen LogP contribution in [0.4, 0.5) is 0 Å². The molecule has 0 amide bonds. The lowest BCUT2D eigenvalue weighted by Crippen LogP contribution is -2.25. The summed E-state index contributed by atoms with van der Waals surface area (Å²) < 4.78 is 2.28. The zero-order valence-electron chi connectivity index (χ0n) is 13.7. The van der Waals surface area contributed by atoms with Gasteiger partial charge in [-0.25, -0.2) is 0 Å². The Balaban J connectivity index is 0.000000156. The summed E-state index contributed by atoms with van der Waals surface area (Å²) in [5.74, 6) is 0. The average Bonchev–Trinajstić information content (AvgIpc) is 2.68. The molecule has 4 rings (SSSR count). The van der Waals surface area contributed by atoms with Crippen LogP contribution in [-0.2, 0) is 0 Å². The first-order valence-corrected chi connectivity index (χ1v) is 9.29. The summed E-state index contributed by atoms with van der Waals surface area (Å²) >= 11 is 6.60. The molecule has 0 fully saturated rings. The van der Waals surface area contributed by atoms with Crippen LogP contribution in [0.25, 0.3) is 21.8 Å². The van der Waals surface area contributed by atoms with Crippen molar-refractivity contribution in [3.05, 3.63) is 86.2 Å². The summed E-state index contributed by atoms with van der Waals surface area (Å²) in [6, 6.07) is 18.4. The lowest BCUT2D eigenvalue weighted by atomic mass is 10.1.